The Morgan fingerprint density at radius 1 is 1.40 bits per heavy atom. The minimum absolute atomic E-state index is 0.148. The van der Waals surface area contributed by atoms with Crippen molar-refractivity contribution < 1.29 is 17.7 Å². The summed E-state index contributed by atoms with van der Waals surface area (Å²) >= 11 is 0. The van der Waals surface area contributed by atoms with Crippen LogP contribution in [0.25, 0.3) is 0 Å². The Kier molecular flexibility index (Phi) is 5.18. The number of nitro groups is 1. The Bertz CT molecular complexity index is 629. The maximum Gasteiger partial charge on any atom is 0.309 e. The fraction of sp³-hybridized carbons (Fsp3) is 0.500. The minimum atomic E-state index is -3.89. The molecule has 0 aliphatic rings. The molecule has 1 N–H and O–H groups in total. The number of nitro benzene ring substituents is 1. The molecule has 0 bridgehead atoms. The molecule has 0 radical (unpaired) electrons. The number of sulfonamides is 1. The molecule has 20 heavy (non-hydrogen) atoms. The molecule has 0 saturated carbocycles. The second kappa shape index (κ2) is 6.27. The lowest BCUT2D eigenvalue weighted by atomic mass is 10.1. The molecule has 8 heteroatoms. The van der Waals surface area contributed by atoms with Crippen LogP contribution in [-0.4, -0.2) is 19.9 Å². The zero-order chi connectivity index (χ0) is 15.5. The summed E-state index contributed by atoms with van der Waals surface area (Å²) in [5, 5.41) is 10.8. The molecule has 0 fully saturated rings. The van der Waals surface area contributed by atoms with Crippen molar-refractivity contribution in [1.82, 2.24) is 4.72 Å². The van der Waals surface area contributed by atoms with Crippen LogP contribution >= 0.6 is 0 Å². The van der Waals surface area contributed by atoms with Crippen molar-refractivity contribution in [1.29, 1.82) is 0 Å². The van der Waals surface area contributed by atoms with E-state index in [0.717, 1.165) is 12.5 Å². The van der Waals surface area contributed by atoms with Crippen molar-refractivity contribution in [2.45, 2.75) is 38.5 Å². The first-order valence-electron chi connectivity index (χ1n) is 6.16. The molecule has 0 saturated heterocycles. The van der Waals surface area contributed by atoms with E-state index >= 15 is 0 Å². The number of hydrogen-bond donors (Lipinski definition) is 1. The molecule has 0 spiro atoms. The maximum absolute atomic E-state index is 13.6. The van der Waals surface area contributed by atoms with Gasteiger partial charge in [0.05, 0.1) is 15.4 Å². The van der Waals surface area contributed by atoms with Crippen LogP contribution in [0.4, 0.5) is 10.1 Å². The van der Waals surface area contributed by atoms with Gasteiger partial charge in [-0.2, -0.15) is 4.39 Å². The number of halogens is 1. The second-order valence-corrected chi connectivity index (χ2v) is 6.19. The van der Waals surface area contributed by atoms with Gasteiger partial charge in [-0.25, -0.2) is 13.1 Å². The monoisotopic (exact) mass is 304 g/mol. The molecule has 0 heterocycles. The van der Waals surface area contributed by atoms with E-state index in [0.29, 0.717) is 6.42 Å². The molecule has 1 aromatic rings. The largest absolute Gasteiger partial charge is 0.309 e. The van der Waals surface area contributed by atoms with Gasteiger partial charge in [0.25, 0.3) is 0 Å². The summed E-state index contributed by atoms with van der Waals surface area (Å²) in [7, 11) is -3.89. The second-order valence-electron chi connectivity index (χ2n) is 4.49. The Labute approximate surface area is 117 Å². The molecule has 1 rings (SSSR count). The topological polar surface area (TPSA) is 89.3 Å². The predicted octanol–water partition coefficient (Wildman–Crippen LogP) is 2.43. The van der Waals surface area contributed by atoms with E-state index in [1.807, 2.05) is 6.92 Å². The van der Waals surface area contributed by atoms with Crippen molar-refractivity contribution in [3.63, 3.8) is 0 Å². The Morgan fingerprint density at radius 2 is 2.00 bits per heavy atom. The van der Waals surface area contributed by atoms with Crippen LogP contribution in [0.3, 0.4) is 0 Å². The van der Waals surface area contributed by atoms with E-state index < -0.39 is 26.5 Å². The van der Waals surface area contributed by atoms with Crippen LogP contribution < -0.4 is 4.72 Å². The Balaban J connectivity index is 3.38. The first-order chi connectivity index (χ1) is 9.22. The van der Waals surface area contributed by atoms with Gasteiger partial charge in [0.15, 0.2) is 0 Å². The Morgan fingerprint density at radius 3 is 2.50 bits per heavy atom. The van der Waals surface area contributed by atoms with Crippen LogP contribution in [-0.2, 0) is 10.0 Å². The zero-order valence-electron chi connectivity index (χ0n) is 11.6. The molecule has 0 amide bonds. The summed E-state index contributed by atoms with van der Waals surface area (Å²) < 4.78 is 40.3. The number of nitrogens with one attached hydrogen (secondary N) is 1. The SMILES string of the molecule is CCCCNS(=O)(=O)c1c(C)cc(F)c([N+](=O)[O-])c1C. The first-order valence-corrected chi connectivity index (χ1v) is 7.64. The number of rotatable bonds is 6. The van der Waals surface area contributed by atoms with Gasteiger partial charge < -0.3 is 0 Å². The number of nitrogens with zero attached hydrogens (tertiary/aromatic N) is 1. The van der Waals surface area contributed by atoms with Crippen LogP contribution in [0.5, 0.6) is 0 Å². The van der Waals surface area contributed by atoms with Crippen molar-refractivity contribution in [3.8, 4) is 0 Å². The van der Waals surface area contributed by atoms with Crippen molar-refractivity contribution in [2.24, 2.45) is 0 Å². The molecule has 0 atom stereocenters. The molecular weight excluding hydrogens is 287 g/mol. The van der Waals surface area contributed by atoms with E-state index in [1.54, 1.807) is 0 Å². The van der Waals surface area contributed by atoms with Gasteiger partial charge in [0.1, 0.15) is 0 Å². The summed E-state index contributed by atoms with van der Waals surface area (Å²) in [6, 6.07) is 0.875. The summed E-state index contributed by atoms with van der Waals surface area (Å²) in [6.07, 6.45) is 1.46. The summed E-state index contributed by atoms with van der Waals surface area (Å²) in [5.41, 5.74) is -0.836. The standard InChI is InChI=1S/C12H17FN2O4S/c1-4-5-6-14-20(18,19)12-8(2)7-10(13)11(9(12)3)15(16)17/h7,14H,4-6H2,1-3H3. The molecular formula is C12H17FN2O4S. The third kappa shape index (κ3) is 3.31. The van der Waals surface area contributed by atoms with Crippen molar-refractivity contribution in [3.05, 3.63) is 33.1 Å². The number of unbranched alkanes of at least 4 members (excludes halogenated alkanes) is 1. The van der Waals surface area contributed by atoms with Gasteiger partial charge in [0.2, 0.25) is 15.8 Å². The van der Waals surface area contributed by atoms with E-state index in [2.05, 4.69) is 4.72 Å². The van der Waals surface area contributed by atoms with Gasteiger partial charge in [-0.05, 0) is 31.9 Å². The lowest BCUT2D eigenvalue weighted by Crippen LogP contribution is -2.26. The highest BCUT2D eigenvalue weighted by Crippen LogP contribution is 2.30. The highest BCUT2D eigenvalue weighted by atomic mass is 32.2. The van der Waals surface area contributed by atoms with Crippen molar-refractivity contribution in [2.75, 3.05) is 6.54 Å². The molecule has 0 unspecified atom stereocenters. The molecule has 0 aliphatic carbocycles. The lowest BCUT2D eigenvalue weighted by molar-refractivity contribution is -0.388. The van der Waals surface area contributed by atoms with Crippen LogP contribution in [0.2, 0.25) is 0 Å². The van der Waals surface area contributed by atoms with E-state index in [9.17, 15) is 22.9 Å². The highest BCUT2D eigenvalue weighted by Gasteiger charge is 2.28. The average molecular weight is 304 g/mol. The van der Waals surface area contributed by atoms with Gasteiger partial charge in [-0.15, -0.1) is 0 Å². The molecule has 112 valence electrons. The van der Waals surface area contributed by atoms with Crippen molar-refractivity contribution >= 4 is 15.7 Å². The molecule has 0 aliphatic heterocycles. The highest BCUT2D eigenvalue weighted by molar-refractivity contribution is 7.89. The van der Waals surface area contributed by atoms with Gasteiger partial charge >= 0.3 is 5.69 Å². The average Bonchev–Trinajstić information content (AvgIpc) is 2.26. The predicted molar refractivity (Wildman–Crippen MR) is 72.6 cm³/mol. The fourth-order valence-electron chi connectivity index (χ4n) is 2.00. The zero-order valence-corrected chi connectivity index (χ0v) is 12.4. The fourth-order valence-corrected chi connectivity index (χ4v) is 3.54. The number of aryl methyl sites for hydroxylation is 1. The van der Waals surface area contributed by atoms with Crippen LogP contribution in [0.1, 0.15) is 30.9 Å². The first kappa shape index (κ1) is 16.5. The molecule has 0 aromatic heterocycles. The number of benzene rings is 1. The summed E-state index contributed by atoms with van der Waals surface area (Å²) in [5.74, 6) is -1.03. The van der Waals surface area contributed by atoms with E-state index in [-0.39, 0.29) is 22.6 Å². The summed E-state index contributed by atoms with van der Waals surface area (Å²) in [6.45, 7) is 4.80. The Hall–Kier alpha value is -1.54. The minimum Gasteiger partial charge on any atom is -0.258 e. The van der Waals surface area contributed by atoms with Gasteiger partial charge in [-0.1, -0.05) is 13.3 Å². The van der Waals surface area contributed by atoms with Crippen LogP contribution in [0.15, 0.2) is 11.0 Å². The van der Waals surface area contributed by atoms with E-state index in [4.69, 9.17) is 0 Å². The van der Waals surface area contributed by atoms with Crippen LogP contribution in [0, 0.1) is 29.8 Å². The molecule has 1 aromatic carbocycles. The smallest absolute Gasteiger partial charge is 0.258 e. The number of hydrogen-bond acceptors (Lipinski definition) is 4. The van der Waals surface area contributed by atoms with E-state index in [1.165, 1.54) is 13.8 Å². The van der Waals surface area contributed by atoms with Gasteiger partial charge in [0, 0.05) is 6.54 Å². The summed E-state index contributed by atoms with van der Waals surface area (Å²) in [4.78, 5) is 9.72. The third-order valence-electron chi connectivity index (χ3n) is 2.90. The molecule has 6 nitrogen and oxygen atoms in total. The quantitative estimate of drug-likeness (QED) is 0.496. The van der Waals surface area contributed by atoms with Gasteiger partial charge in [-0.3, -0.25) is 10.1 Å². The normalized spacial score (nSPS) is 11.6. The third-order valence-corrected chi connectivity index (χ3v) is 4.65. The lowest BCUT2D eigenvalue weighted by Gasteiger charge is -2.12. The maximum atomic E-state index is 13.6.